The van der Waals surface area contributed by atoms with Crippen molar-refractivity contribution in [1.82, 2.24) is 24.7 Å². The number of imide groups is 1. The first-order valence-electron chi connectivity index (χ1n) is 10.7. The molecule has 0 atom stereocenters. The van der Waals surface area contributed by atoms with Crippen LogP contribution in [0, 0.1) is 5.82 Å². The molecule has 1 N–H and O–H groups in total. The van der Waals surface area contributed by atoms with Crippen molar-refractivity contribution < 1.29 is 14.0 Å². The largest absolute Gasteiger partial charge is 0.325 e. The minimum atomic E-state index is -0.916. The lowest BCUT2D eigenvalue weighted by atomic mass is 9.85. The second-order valence-electron chi connectivity index (χ2n) is 8.38. The quantitative estimate of drug-likeness (QED) is 0.628. The Bertz CT molecular complexity index is 1120. The van der Waals surface area contributed by atoms with Gasteiger partial charge in [0.1, 0.15) is 11.4 Å². The van der Waals surface area contributed by atoms with Crippen molar-refractivity contribution in [3.63, 3.8) is 0 Å². The van der Waals surface area contributed by atoms with Crippen molar-refractivity contribution in [2.45, 2.75) is 31.5 Å². The van der Waals surface area contributed by atoms with E-state index in [0.29, 0.717) is 31.5 Å². The van der Waals surface area contributed by atoms with Crippen LogP contribution in [0.15, 0.2) is 67.3 Å². The van der Waals surface area contributed by atoms with E-state index in [2.05, 4.69) is 39.5 Å². The maximum Gasteiger partial charge on any atom is 0.325 e. The van der Waals surface area contributed by atoms with Gasteiger partial charge >= 0.3 is 6.03 Å². The van der Waals surface area contributed by atoms with E-state index >= 15 is 0 Å². The molecule has 2 saturated heterocycles. The Hall–Kier alpha value is -3.52. The van der Waals surface area contributed by atoms with Crippen LogP contribution >= 0.6 is 0 Å². The van der Waals surface area contributed by atoms with Crippen LogP contribution in [0.5, 0.6) is 0 Å². The fourth-order valence-electron chi connectivity index (χ4n) is 4.64. The maximum atomic E-state index is 14.2. The molecular weight excluding hydrogens is 409 g/mol. The fourth-order valence-corrected chi connectivity index (χ4v) is 4.64. The van der Waals surface area contributed by atoms with Crippen molar-refractivity contribution in [3.8, 4) is 5.69 Å². The van der Waals surface area contributed by atoms with Gasteiger partial charge in [0, 0.05) is 43.3 Å². The molecule has 3 heterocycles. The van der Waals surface area contributed by atoms with Gasteiger partial charge in [0.15, 0.2) is 0 Å². The molecule has 0 unspecified atom stereocenters. The molecule has 2 aromatic carbocycles. The number of nitrogens with zero attached hydrogens (tertiary/aromatic N) is 4. The van der Waals surface area contributed by atoms with E-state index in [4.69, 9.17) is 0 Å². The summed E-state index contributed by atoms with van der Waals surface area (Å²) < 4.78 is 16.1. The number of amides is 3. The number of aromatic nitrogens is 2. The predicted octanol–water partition coefficient (Wildman–Crippen LogP) is 3.10. The summed E-state index contributed by atoms with van der Waals surface area (Å²) in [7, 11) is 0. The zero-order valence-electron chi connectivity index (χ0n) is 17.6. The van der Waals surface area contributed by atoms with Crippen molar-refractivity contribution in [2.75, 3.05) is 13.1 Å². The Kier molecular flexibility index (Phi) is 5.22. The summed E-state index contributed by atoms with van der Waals surface area (Å²) in [5.74, 6) is -0.644. The molecule has 3 amide bonds. The third kappa shape index (κ3) is 3.67. The Labute approximate surface area is 185 Å². The number of imidazole rings is 1. The molecular formula is C24H24FN5O2. The van der Waals surface area contributed by atoms with E-state index in [9.17, 15) is 14.0 Å². The highest BCUT2D eigenvalue weighted by atomic mass is 19.1. The minimum Gasteiger partial charge on any atom is -0.306 e. The number of benzene rings is 2. The highest BCUT2D eigenvalue weighted by molar-refractivity contribution is 6.07. The second kappa shape index (κ2) is 8.20. The van der Waals surface area contributed by atoms with Gasteiger partial charge < -0.3 is 9.47 Å². The number of urea groups is 1. The average molecular weight is 433 g/mol. The second-order valence-corrected chi connectivity index (χ2v) is 8.38. The van der Waals surface area contributed by atoms with Crippen molar-refractivity contribution in [2.24, 2.45) is 0 Å². The molecule has 5 rings (SSSR count). The molecule has 2 aliphatic rings. The number of piperidine rings is 1. The fraction of sp³-hybridized carbons (Fsp3) is 0.292. The molecule has 0 aliphatic carbocycles. The molecule has 2 fully saturated rings. The summed E-state index contributed by atoms with van der Waals surface area (Å²) in [5, 5.41) is 2.45. The Morgan fingerprint density at radius 1 is 1.00 bits per heavy atom. The Balaban J connectivity index is 1.26. The monoisotopic (exact) mass is 433 g/mol. The zero-order valence-corrected chi connectivity index (χ0v) is 17.6. The topological polar surface area (TPSA) is 70.5 Å². The van der Waals surface area contributed by atoms with Crippen LogP contribution in [0.25, 0.3) is 5.69 Å². The van der Waals surface area contributed by atoms with Gasteiger partial charge in [-0.2, -0.15) is 0 Å². The van der Waals surface area contributed by atoms with E-state index in [1.807, 2.05) is 10.8 Å². The summed E-state index contributed by atoms with van der Waals surface area (Å²) in [6.07, 6.45) is 6.45. The molecule has 8 heteroatoms. The average Bonchev–Trinajstić information content (AvgIpc) is 3.41. The van der Waals surface area contributed by atoms with Gasteiger partial charge in [0.2, 0.25) is 0 Å². The molecule has 3 aromatic rings. The van der Waals surface area contributed by atoms with Crippen LogP contribution in [0.1, 0.15) is 24.0 Å². The first kappa shape index (κ1) is 20.4. The molecule has 1 aromatic heterocycles. The highest BCUT2D eigenvalue weighted by Crippen LogP contribution is 2.35. The van der Waals surface area contributed by atoms with Gasteiger partial charge in [-0.1, -0.05) is 30.3 Å². The first-order chi connectivity index (χ1) is 15.5. The summed E-state index contributed by atoms with van der Waals surface area (Å²) in [6, 6.07) is 14.2. The van der Waals surface area contributed by atoms with Crippen molar-refractivity contribution in [1.29, 1.82) is 0 Å². The lowest BCUT2D eigenvalue weighted by Crippen LogP contribution is -2.56. The highest BCUT2D eigenvalue weighted by Gasteiger charge is 2.53. The number of hydrogen-bond acceptors (Lipinski definition) is 4. The lowest BCUT2D eigenvalue weighted by molar-refractivity contribution is -0.129. The molecule has 32 heavy (non-hydrogen) atoms. The third-order valence-corrected chi connectivity index (χ3v) is 6.52. The van der Waals surface area contributed by atoms with E-state index < -0.39 is 11.6 Å². The van der Waals surface area contributed by atoms with Crippen LogP contribution in [-0.4, -0.2) is 49.9 Å². The molecule has 1 spiro atoms. The van der Waals surface area contributed by atoms with Gasteiger partial charge in [0.05, 0.1) is 12.9 Å². The zero-order chi connectivity index (χ0) is 22.1. The van der Waals surface area contributed by atoms with Crippen LogP contribution in [0.4, 0.5) is 9.18 Å². The van der Waals surface area contributed by atoms with Crippen LogP contribution in [0.3, 0.4) is 0 Å². The lowest BCUT2D eigenvalue weighted by Gasteiger charge is -2.42. The van der Waals surface area contributed by atoms with Crippen LogP contribution in [0.2, 0.25) is 0 Å². The number of nitrogens with one attached hydrogen (secondary N) is 1. The van der Waals surface area contributed by atoms with E-state index in [-0.39, 0.29) is 18.3 Å². The Morgan fingerprint density at radius 3 is 2.44 bits per heavy atom. The van der Waals surface area contributed by atoms with Gasteiger partial charge in [-0.05, 0) is 36.6 Å². The molecule has 164 valence electrons. The van der Waals surface area contributed by atoms with Gasteiger partial charge in [-0.25, -0.2) is 14.2 Å². The first-order valence-corrected chi connectivity index (χ1v) is 10.7. The maximum absolute atomic E-state index is 14.2. The number of halogens is 1. The predicted molar refractivity (Wildman–Crippen MR) is 116 cm³/mol. The Morgan fingerprint density at radius 2 is 1.75 bits per heavy atom. The van der Waals surface area contributed by atoms with E-state index in [1.54, 1.807) is 30.7 Å². The summed E-state index contributed by atoms with van der Waals surface area (Å²) >= 11 is 0. The number of likely N-dealkylation sites (tertiary alicyclic amines) is 1. The summed E-state index contributed by atoms with van der Waals surface area (Å²) in [5.41, 5.74) is 1.73. The smallest absolute Gasteiger partial charge is 0.306 e. The van der Waals surface area contributed by atoms with Gasteiger partial charge in [-0.3, -0.25) is 15.0 Å². The normalized spacial score (nSPS) is 18.3. The van der Waals surface area contributed by atoms with Gasteiger partial charge in [-0.15, -0.1) is 0 Å². The summed E-state index contributed by atoms with van der Waals surface area (Å²) in [6.45, 7) is 2.21. The standard InChI is InChI=1S/C24H24FN5O2/c25-21-4-2-1-3-19(21)16-30-23(32)27-22(31)24(30)9-12-28(13-10-24)15-18-5-7-20(8-6-18)29-14-11-26-17-29/h1-8,11,14,17H,9-10,12-13,15-16H2,(H,27,31,32). The van der Waals surface area contributed by atoms with E-state index in [1.165, 1.54) is 16.5 Å². The molecule has 2 aliphatic heterocycles. The third-order valence-electron chi connectivity index (χ3n) is 6.52. The number of carbonyl (C=O) groups is 2. The molecule has 0 saturated carbocycles. The SMILES string of the molecule is O=C1NC(=O)C2(CCN(Cc3ccc(-n4ccnc4)cc3)CC2)N1Cc1ccccc1F. The van der Waals surface area contributed by atoms with Crippen LogP contribution < -0.4 is 5.32 Å². The molecule has 0 bridgehead atoms. The minimum absolute atomic E-state index is 0.0833. The summed E-state index contributed by atoms with van der Waals surface area (Å²) in [4.78, 5) is 33.2. The van der Waals surface area contributed by atoms with Crippen molar-refractivity contribution in [3.05, 3.63) is 84.2 Å². The number of carbonyl (C=O) groups excluding carboxylic acids is 2. The van der Waals surface area contributed by atoms with Crippen molar-refractivity contribution >= 4 is 11.9 Å². The van der Waals surface area contributed by atoms with E-state index in [0.717, 1.165) is 12.2 Å². The molecule has 0 radical (unpaired) electrons. The van der Waals surface area contributed by atoms with Gasteiger partial charge in [0.25, 0.3) is 5.91 Å². The number of hydrogen-bond donors (Lipinski definition) is 1. The van der Waals surface area contributed by atoms with Crippen LogP contribution in [-0.2, 0) is 17.9 Å². The molecule has 7 nitrogen and oxygen atoms in total. The number of rotatable bonds is 5.